The number of nitrogens with zero attached hydrogens (tertiary/aromatic N) is 4. The van der Waals surface area contributed by atoms with E-state index < -0.39 is 0 Å². The van der Waals surface area contributed by atoms with Crippen LogP contribution in [0.5, 0.6) is 0 Å². The highest BCUT2D eigenvalue weighted by atomic mass is 35.5. The Morgan fingerprint density at radius 3 is 2.59 bits per heavy atom. The predicted octanol–water partition coefficient (Wildman–Crippen LogP) is 5.09. The van der Waals surface area contributed by atoms with Gasteiger partial charge in [0.05, 0.1) is 17.2 Å². The molecule has 4 rings (SSSR count). The van der Waals surface area contributed by atoms with Gasteiger partial charge in [-0.2, -0.15) is 0 Å². The van der Waals surface area contributed by atoms with Crippen molar-refractivity contribution in [3.05, 3.63) is 74.3 Å². The molecule has 3 heterocycles. The van der Waals surface area contributed by atoms with Gasteiger partial charge in [0, 0.05) is 56.7 Å². The first-order chi connectivity index (χ1) is 16.4. The predicted molar refractivity (Wildman–Crippen MR) is 138 cm³/mol. The lowest BCUT2D eigenvalue weighted by Gasteiger charge is -2.36. The fourth-order valence-electron chi connectivity index (χ4n) is 4.25. The summed E-state index contributed by atoms with van der Waals surface area (Å²) in [7, 11) is 1.70. The molecule has 0 N–H and O–H groups in total. The largest absolute Gasteiger partial charge is 0.378 e. The van der Waals surface area contributed by atoms with Crippen LogP contribution in [0.15, 0.2) is 41.8 Å². The third-order valence-electron chi connectivity index (χ3n) is 5.86. The summed E-state index contributed by atoms with van der Waals surface area (Å²) in [5.74, 6) is 2.34. The topological polar surface area (TPSA) is 58.6 Å². The fourth-order valence-corrected chi connectivity index (χ4v) is 5.15. The Morgan fingerprint density at radius 1 is 1.15 bits per heavy atom. The molecule has 1 fully saturated rings. The minimum atomic E-state index is 0.108. The number of amides is 1. The number of rotatable bonds is 8. The van der Waals surface area contributed by atoms with Crippen LogP contribution in [0.1, 0.15) is 46.2 Å². The number of hydrogen-bond donors (Lipinski definition) is 0. The molecule has 1 aliphatic heterocycles. The van der Waals surface area contributed by atoms with Crippen LogP contribution < -0.4 is 4.90 Å². The van der Waals surface area contributed by atoms with E-state index in [0.717, 1.165) is 52.9 Å². The molecular formula is C26H31ClN4O2S. The van der Waals surface area contributed by atoms with Crippen LogP contribution in [0.25, 0.3) is 0 Å². The number of ether oxygens (including phenoxy) is 1. The first kappa shape index (κ1) is 24.6. The number of anilines is 1. The Morgan fingerprint density at radius 2 is 1.94 bits per heavy atom. The van der Waals surface area contributed by atoms with E-state index in [2.05, 4.69) is 24.8 Å². The monoisotopic (exact) mass is 498 g/mol. The van der Waals surface area contributed by atoms with Crippen molar-refractivity contribution in [1.82, 2.24) is 14.9 Å². The van der Waals surface area contributed by atoms with E-state index in [4.69, 9.17) is 26.3 Å². The Hall–Kier alpha value is -2.48. The number of aromatic nitrogens is 2. The van der Waals surface area contributed by atoms with Crippen LogP contribution in [-0.4, -0.2) is 54.1 Å². The van der Waals surface area contributed by atoms with Crippen molar-refractivity contribution in [2.24, 2.45) is 5.92 Å². The normalized spacial score (nSPS) is 14.1. The molecule has 180 valence electrons. The second-order valence-corrected chi connectivity index (χ2v) is 10.4. The Kier molecular flexibility index (Phi) is 8.19. The molecule has 6 nitrogen and oxygen atoms in total. The molecule has 1 aliphatic rings. The molecule has 8 heteroatoms. The fraction of sp³-hybridized carbons (Fsp3) is 0.423. The minimum Gasteiger partial charge on any atom is -0.378 e. The third-order valence-corrected chi connectivity index (χ3v) is 6.95. The summed E-state index contributed by atoms with van der Waals surface area (Å²) in [5.41, 5.74) is 3.09. The first-order valence-corrected chi connectivity index (χ1v) is 12.9. The molecule has 1 aromatic carbocycles. The average Bonchev–Trinajstić information content (AvgIpc) is 3.35. The maximum atomic E-state index is 12.8. The molecule has 3 aromatic rings. The van der Waals surface area contributed by atoms with Crippen molar-refractivity contribution >= 4 is 34.7 Å². The summed E-state index contributed by atoms with van der Waals surface area (Å²) in [4.78, 5) is 27.8. The lowest BCUT2D eigenvalue weighted by molar-refractivity contribution is 0.0751. The third kappa shape index (κ3) is 5.95. The van der Waals surface area contributed by atoms with E-state index in [-0.39, 0.29) is 5.91 Å². The zero-order chi connectivity index (χ0) is 24.1. The molecule has 0 unspecified atom stereocenters. The smallest absolute Gasteiger partial charge is 0.264 e. The summed E-state index contributed by atoms with van der Waals surface area (Å²) in [6.07, 6.45) is 1.48. The van der Waals surface area contributed by atoms with Crippen LogP contribution in [0.4, 0.5) is 5.82 Å². The van der Waals surface area contributed by atoms with Crippen molar-refractivity contribution in [3.8, 4) is 0 Å². The lowest BCUT2D eigenvalue weighted by atomic mass is 10.0. The number of piperazine rings is 1. The highest BCUT2D eigenvalue weighted by Gasteiger charge is 2.27. The molecule has 2 aromatic heterocycles. The van der Waals surface area contributed by atoms with E-state index in [0.29, 0.717) is 37.1 Å². The number of carbonyl (C=O) groups is 1. The van der Waals surface area contributed by atoms with Gasteiger partial charge in [0.25, 0.3) is 5.91 Å². The van der Waals surface area contributed by atoms with Crippen LogP contribution in [-0.2, 0) is 24.2 Å². The molecular weight excluding hydrogens is 468 g/mol. The molecule has 0 atom stereocenters. The highest BCUT2D eigenvalue weighted by molar-refractivity contribution is 7.12. The number of hydrogen-bond acceptors (Lipinski definition) is 6. The number of thiophene rings is 1. The van der Waals surface area contributed by atoms with Gasteiger partial charge >= 0.3 is 0 Å². The van der Waals surface area contributed by atoms with Gasteiger partial charge in [0.15, 0.2) is 0 Å². The van der Waals surface area contributed by atoms with Crippen LogP contribution >= 0.6 is 22.9 Å². The van der Waals surface area contributed by atoms with Crippen LogP contribution in [0, 0.1) is 5.92 Å². The first-order valence-electron chi connectivity index (χ1n) is 11.6. The minimum absolute atomic E-state index is 0.108. The summed E-state index contributed by atoms with van der Waals surface area (Å²) in [5, 5.41) is 2.66. The molecule has 0 radical (unpaired) electrons. The Bertz CT molecular complexity index is 1110. The molecule has 0 aliphatic carbocycles. The second kappa shape index (κ2) is 11.3. The van der Waals surface area contributed by atoms with Gasteiger partial charge in [0.1, 0.15) is 11.6 Å². The maximum Gasteiger partial charge on any atom is 0.264 e. The van der Waals surface area contributed by atoms with Gasteiger partial charge in [-0.1, -0.05) is 43.6 Å². The van der Waals surface area contributed by atoms with E-state index in [9.17, 15) is 4.79 Å². The number of benzene rings is 1. The molecule has 0 spiro atoms. The second-order valence-electron chi connectivity index (χ2n) is 8.98. The zero-order valence-electron chi connectivity index (χ0n) is 20.0. The molecule has 1 saturated heterocycles. The van der Waals surface area contributed by atoms with Gasteiger partial charge in [0.2, 0.25) is 0 Å². The van der Waals surface area contributed by atoms with Crippen molar-refractivity contribution in [3.63, 3.8) is 0 Å². The van der Waals surface area contributed by atoms with Crippen molar-refractivity contribution in [2.45, 2.75) is 33.3 Å². The Labute approximate surface area is 210 Å². The molecule has 34 heavy (non-hydrogen) atoms. The Balaban J connectivity index is 1.64. The SMILES string of the molecule is COCc1nc(CC(C)C)nc(N2CCN(C(=O)c3cccs3)CC2)c1Cc1cccc(Cl)c1. The van der Waals surface area contributed by atoms with Gasteiger partial charge in [-0.3, -0.25) is 4.79 Å². The summed E-state index contributed by atoms with van der Waals surface area (Å²) in [6, 6.07) is 11.7. The quantitative estimate of drug-likeness (QED) is 0.433. The number of carbonyl (C=O) groups excluding carboxylic acids is 1. The number of methoxy groups -OCH3 is 1. The van der Waals surface area contributed by atoms with E-state index in [1.54, 1.807) is 7.11 Å². The average molecular weight is 499 g/mol. The number of halogens is 1. The zero-order valence-corrected chi connectivity index (χ0v) is 21.5. The summed E-state index contributed by atoms with van der Waals surface area (Å²) >= 11 is 7.76. The summed E-state index contributed by atoms with van der Waals surface area (Å²) in [6.45, 7) is 7.55. The van der Waals surface area contributed by atoms with Crippen LogP contribution in [0.2, 0.25) is 5.02 Å². The lowest BCUT2D eigenvalue weighted by Crippen LogP contribution is -2.49. The molecule has 0 saturated carbocycles. The van der Waals surface area contributed by atoms with Crippen molar-refractivity contribution in [1.29, 1.82) is 0 Å². The standard InChI is InChI=1S/C26H31ClN4O2S/c1-18(2)14-24-28-22(17-33-3)21(16-19-6-4-7-20(27)15-19)25(29-24)30-9-11-31(12-10-30)26(32)23-8-5-13-34-23/h4-8,13,15,18H,9-12,14,16-17H2,1-3H3. The van der Waals surface area contributed by atoms with E-state index in [1.165, 1.54) is 11.3 Å². The van der Waals surface area contributed by atoms with Crippen molar-refractivity contribution < 1.29 is 9.53 Å². The highest BCUT2D eigenvalue weighted by Crippen LogP contribution is 2.28. The molecule has 1 amide bonds. The van der Waals surface area contributed by atoms with Gasteiger partial charge in [-0.25, -0.2) is 9.97 Å². The van der Waals surface area contributed by atoms with Crippen LogP contribution in [0.3, 0.4) is 0 Å². The molecule has 0 bridgehead atoms. The van der Waals surface area contributed by atoms with E-state index in [1.807, 2.05) is 40.6 Å². The van der Waals surface area contributed by atoms with Gasteiger partial charge in [-0.15, -0.1) is 11.3 Å². The van der Waals surface area contributed by atoms with Gasteiger partial charge in [-0.05, 0) is 35.1 Å². The maximum absolute atomic E-state index is 12.8. The van der Waals surface area contributed by atoms with Gasteiger partial charge < -0.3 is 14.5 Å². The van der Waals surface area contributed by atoms with Crippen molar-refractivity contribution in [2.75, 3.05) is 38.2 Å². The van der Waals surface area contributed by atoms with E-state index >= 15 is 0 Å². The summed E-state index contributed by atoms with van der Waals surface area (Å²) < 4.78 is 5.54.